The van der Waals surface area contributed by atoms with E-state index in [0.29, 0.717) is 64.5 Å². The van der Waals surface area contributed by atoms with Gasteiger partial charge in [-0.3, -0.25) is 9.48 Å². The molecule has 0 fully saturated rings. The zero-order valence-corrected chi connectivity index (χ0v) is 28.0. The molecule has 5 aromatic rings. The highest BCUT2D eigenvalue weighted by Gasteiger charge is 2.37. The van der Waals surface area contributed by atoms with Gasteiger partial charge in [-0.05, 0) is 72.2 Å². The van der Waals surface area contributed by atoms with Gasteiger partial charge >= 0.3 is 0 Å². The lowest BCUT2D eigenvalue weighted by atomic mass is 10.2. The highest BCUT2D eigenvalue weighted by molar-refractivity contribution is 6.74. The molecule has 5 rings (SSSR count). The fourth-order valence-electron chi connectivity index (χ4n) is 4.41. The molecule has 45 heavy (non-hydrogen) atoms. The molecule has 2 N–H and O–H groups in total. The van der Waals surface area contributed by atoms with Crippen molar-refractivity contribution in [1.82, 2.24) is 19.7 Å². The molecule has 2 aromatic heterocycles. The Bertz CT molecular complexity index is 1810. The third-order valence-corrected chi connectivity index (χ3v) is 12.8. The predicted octanol–water partition coefficient (Wildman–Crippen LogP) is 7.93. The van der Waals surface area contributed by atoms with Crippen LogP contribution >= 0.6 is 11.6 Å². The minimum absolute atomic E-state index is 0.109. The molecule has 0 unspecified atom stereocenters. The molecule has 236 valence electrons. The molecule has 0 aliphatic heterocycles. The lowest BCUT2D eigenvalue weighted by Gasteiger charge is -2.36. The Labute approximate surface area is 267 Å². The number of carbonyl (C=O) groups excluding carboxylic acids is 1. The van der Waals surface area contributed by atoms with Gasteiger partial charge in [-0.15, -0.1) is 0 Å². The minimum atomic E-state index is -1.88. The van der Waals surface area contributed by atoms with E-state index >= 15 is 0 Å². The van der Waals surface area contributed by atoms with E-state index in [0.717, 1.165) is 11.3 Å². The Morgan fingerprint density at radius 3 is 2.49 bits per heavy atom. The Balaban J connectivity index is 1.32. The first-order valence-corrected chi connectivity index (χ1v) is 17.9. The number of H-pyrrole nitrogens is 1. The second kappa shape index (κ2) is 13.0. The molecule has 0 aliphatic rings. The monoisotopic (exact) mass is 649 g/mol. The molecule has 2 heterocycles. The summed E-state index contributed by atoms with van der Waals surface area (Å²) in [5.41, 5.74) is 3.07. The summed E-state index contributed by atoms with van der Waals surface area (Å²) in [5, 5.41) is 7.94. The van der Waals surface area contributed by atoms with Crippen molar-refractivity contribution in [3.8, 4) is 23.0 Å². The van der Waals surface area contributed by atoms with Crippen LogP contribution in [0.5, 0.6) is 11.5 Å². The van der Waals surface area contributed by atoms with Crippen molar-refractivity contribution in [1.29, 1.82) is 0 Å². The normalized spacial score (nSPS) is 12.0. The van der Waals surface area contributed by atoms with Gasteiger partial charge in [0.1, 0.15) is 29.6 Å². The van der Waals surface area contributed by atoms with Crippen LogP contribution in [0.1, 0.15) is 36.7 Å². The molecule has 0 saturated carbocycles. The van der Waals surface area contributed by atoms with E-state index in [2.05, 4.69) is 54.2 Å². The highest BCUT2D eigenvalue weighted by Crippen LogP contribution is 2.36. The quantitative estimate of drug-likeness (QED) is 0.111. The number of anilines is 1. The van der Waals surface area contributed by atoms with Crippen LogP contribution in [0.2, 0.25) is 23.2 Å². The van der Waals surface area contributed by atoms with Crippen LogP contribution in [0.15, 0.2) is 66.7 Å². The number of amides is 1. The number of nitrogens with one attached hydrogen (secondary N) is 2. The maximum absolute atomic E-state index is 13.9. The van der Waals surface area contributed by atoms with Crippen LogP contribution in [0, 0.1) is 5.82 Å². The van der Waals surface area contributed by atoms with E-state index in [1.165, 1.54) is 12.1 Å². The van der Waals surface area contributed by atoms with Gasteiger partial charge in [0.2, 0.25) is 0 Å². The van der Waals surface area contributed by atoms with Crippen molar-refractivity contribution in [2.75, 3.05) is 25.6 Å². The number of aromatic amines is 1. The number of nitrogens with zero attached hydrogens (tertiary/aromatic N) is 3. The first-order valence-electron chi connectivity index (χ1n) is 14.6. The molecule has 3 aromatic carbocycles. The molecular formula is C33H37ClFN5O4Si. The first kappa shape index (κ1) is 32.2. The highest BCUT2D eigenvalue weighted by atomic mass is 35.5. The second-order valence-electron chi connectivity index (χ2n) is 12.2. The van der Waals surface area contributed by atoms with E-state index in [1.807, 2.05) is 24.3 Å². The van der Waals surface area contributed by atoms with Crippen molar-refractivity contribution < 1.29 is 23.1 Å². The average Bonchev–Trinajstić information content (AvgIpc) is 3.58. The van der Waals surface area contributed by atoms with Gasteiger partial charge in [0.25, 0.3) is 5.91 Å². The Morgan fingerprint density at radius 2 is 1.80 bits per heavy atom. The molecule has 0 bridgehead atoms. The molecule has 1 amide bonds. The summed E-state index contributed by atoms with van der Waals surface area (Å²) in [6.45, 7) is 12.1. The number of halogens is 2. The summed E-state index contributed by atoms with van der Waals surface area (Å²) in [7, 11) is -0.268. The Kier molecular flexibility index (Phi) is 9.33. The van der Waals surface area contributed by atoms with Gasteiger partial charge in [0.05, 0.1) is 36.3 Å². The molecule has 0 saturated heterocycles. The van der Waals surface area contributed by atoms with Gasteiger partial charge in [-0.25, -0.2) is 9.37 Å². The first-order chi connectivity index (χ1) is 21.3. The summed E-state index contributed by atoms with van der Waals surface area (Å²) in [5.74, 6) is 1.25. The lowest BCUT2D eigenvalue weighted by Crippen LogP contribution is -2.41. The molecular weight excluding hydrogens is 613 g/mol. The van der Waals surface area contributed by atoms with E-state index in [4.69, 9.17) is 25.5 Å². The standard InChI is InChI=1S/C33H37ClFN5O4Si/c1-33(2,3)45(5,6)44-16-15-43-29-14-9-22(17-25(29)34)32(41)38-30-19-28(31-36-26-13-10-23(35)18-27(26)37-31)40(39-30)20-21-7-11-24(42-4)12-8-21/h7-14,17-19H,15-16,20H2,1-6H3,(H,36,37)(H,38,39,41). The number of methoxy groups -OCH3 is 1. The molecule has 12 heteroatoms. The van der Waals surface area contributed by atoms with Crippen molar-refractivity contribution in [3.05, 3.63) is 88.7 Å². The number of imidazole rings is 1. The Hall–Kier alpha value is -4.19. The van der Waals surface area contributed by atoms with E-state index in [9.17, 15) is 9.18 Å². The van der Waals surface area contributed by atoms with Gasteiger partial charge < -0.3 is 24.2 Å². The van der Waals surface area contributed by atoms with Crippen molar-refractivity contribution >= 4 is 42.7 Å². The molecule has 9 nitrogen and oxygen atoms in total. The number of benzene rings is 3. The number of ether oxygens (including phenoxy) is 2. The summed E-state index contributed by atoms with van der Waals surface area (Å²) in [6, 6.07) is 18.5. The predicted molar refractivity (Wildman–Crippen MR) is 177 cm³/mol. The molecule has 0 atom stereocenters. The SMILES string of the molecule is COc1ccc(Cn2nc(NC(=O)c3ccc(OCCO[Si](C)(C)C(C)(C)C)c(Cl)c3)cc2-c2nc3ccc(F)cc3[nH]2)cc1. The van der Waals surface area contributed by atoms with Gasteiger partial charge in [-0.2, -0.15) is 5.10 Å². The van der Waals surface area contributed by atoms with Crippen LogP contribution in [-0.2, 0) is 11.0 Å². The summed E-state index contributed by atoms with van der Waals surface area (Å²) in [4.78, 5) is 21.0. The van der Waals surface area contributed by atoms with Crippen LogP contribution in [0.3, 0.4) is 0 Å². The third kappa shape index (κ3) is 7.55. The number of carbonyl (C=O) groups is 1. The van der Waals surface area contributed by atoms with Crippen LogP contribution in [0.25, 0.3) is 22.6 Å². The smallest absolute Gasteiger partial charge is 0.256 e. The fourth-order valence-corrected chi connectivity index (χ4v) is 5.67. The summed E-state index contributed by atoms with van der Waals surface area (Å²) >= 11 is 6.48. The maximum Gasteiger partial charge on any atom is 0.256 e. The Morgan fingerprint density at radius 1 is 1.04 bits per heavy atom. The number of aromatic nitrogens is 4. The van der Waals surface area contributed by atoms with E-state index in [-0.39, 0.29) is 10.9 Å². The summed E-state index contributed by atoms with van der Waals surface area (Å²) < 4.78 is 32.9. The number of hydrogen-bond donors (Lipinski definition) is 2. The fraction of sp³-hybridized carbons (Fsp3) is 0.303. The molecule has 0 spiro atoms. The zero-order chi connectivity index (χ0) is 32.4. The number of hydrogen-bond acceptors (Lipinski definition) is 6. The number of fused-ring (bicyclic) bond motifs is 1. The maximum atomic E-state index is 13.9. The van der Waals surface area contributed by atoms with Crippen LogP contribution in [-0.4, -0.2) is 54.3 Å². The zero-order valence-electron chi connectivity index (χ0n) is 26.2. The van der Waals surface area contributed by atoms with Crippen LogP contribution < -0.4 is 14.8 Å². The van der Waals surface area contributed by atoms with E-state index < -0.39 is 14.2 Å². The minimum Gasteiger partial charge on any atom is -0.497 e. The van der Waals surface area contributed by atoms with Gasteiger partial charge in [0.15, 0.2) is 20.0 Å². The van der Waals surface area contributed by atoms with E-state index in [1.54, 1.807) is 42.1 Å². The summed E-state index contributed by atoms with van der Waals surface area (Å²) in [6.07, 6.45) is 0. The average molecular weight is 650 g/mol. The number of rotatable bonds is 11. The largest absolute Gasteiger partial charge is 0.497 e. The topological polar surface area (TPSA) is 103 Å². The van der Waals surface area contributed by atoms with Crippen molar-refractivity contribution in [3.63, 3.8) is 0 Å². The second-order valence-corrected chi connectivity index (χ2v) is 17.4. The van der Waals surface area contributed by atoms with Gasteiger partial charge in [-0.1, -0.05) is 44.5 Å². The van der Waals surface area contributed by atoms with Crippen LogP contribution in [0.4, 0.5) is 10.2 Å². The van der Waals surface area contributed by atoms with Crippen molar-refractivity contribution in [2.45, 2.75) is 45.4 Å². The third-order valence-electron chi connectivity index (χ3n) is 8.00. The lowest BCUT2D eigenvalue weighted by molar-refractivity contribution is 0.102. The molecule has 0 radical (unpaired) electrons. The van der Waals surface area contributed by atoms with Gasteiger partial charge in [0, 0.05) is 11.6 Å². The van der Waals surface area contributed by atoms with Crippen molar-refractivity contribution in [2.24, 2.45) is 0 Å². The molecule has 0 aliphatic carbocycles.